The molecule has 0 aliphatic carbocycles. The Hall–Kier alpha value is -3.30. The second-order valence-corrected chi connectivity index (χ2v) is 7.78. The van der Waals surface area contributed by atoms with Gasteiger partial charge in [-0.05, 0) is 30.7 Å². The number of amides is 3. The molecule has 0 spiro atoms. The summed E-state index contributed by atoms with van der Waals surface area (Å²) < 4.78 is 27.1. The number of nitrogens with one attached hydrogen (secondary N) is 1. The molecule has 2 aromatic rings. The van der Waals surface area contributed by atoms with E-state index in [9.17, 15) is 18.4 Å². The molecule has 10 heteroatoms. The average molecular weight is 414 g/mol. The van der Waals surface area contributed by atoms with Gasteiger partial charge in [-0.1, -0.05) is 6.07 Å². The predicted octanol–water partition coefficient (Wildman–Crippen LogP) is 2.59. The topological polar surface area (TPSA) is 81.7 Å². The molecule has 0 radical (unpaired) electrons. The molecule has 1 N–H and O–H groups in total. The van der Waals surface area contributed by atoms with Crippen LogP contribution in [0, 0.1) is 0 Å². The summed E-state index contributed by atoms with van der Waals surface area (Å²) in [4.78, 5) is 39.2. The highest BCUT2D eigenvalue weighted by Crippen LogP contribution is 2.39. The smallest absolute Gasteiger partial charge is 0.329 e. The molecule has 2 bridgehead atoms. The Morgan fingerprint density at radius 3 is 2.77 bits per heavy atom. The zero-order chi connectivity index (χ0) is 20.9. The number of alkyl halides is 2. The van der Waals surface area contributed by atoms with E-state index in [1.165, 1.54) is 0 Å². The number of hydrogen-bond acceptors (Lipinski definition) is 5. The molecule has 5 rings (SSSR count). The molecule has 3 aliphatic heterocycles. The number of pyridine rings is 2. The van der Waals surface area contributed by atoms with Gasteiger partial charge in [0.05, 0.1) is 18.3 Å². The van der Waals surface area contributed by atoms with E-state index >= 15 is 0 Å². The van der Waals surface area contributed by atoms with Crippen molar-refractivity contribution >= 4 is 29.3 Å². The van der Waals surface area contributed by atoms with E-state index in [0.29, 0.717) is 18.2 Å². The SMILES string of the molecule is O=C(c1ccc2c(n1)N(C(=O)Nc1ccccn1)C1CCN2C1)N1CCC(F)(F)C1. The van der Waals surface area contributed by atoms with Gasteiger partial charge in [-0.3, -0.25) is 15.0 Å². The number of halogens is 2. The lowest BCUT2D eigenvalue weighted by Gasteiger charge is -2.35. The van der Waals surface area contributed by atoms with E-state index < -0.39 is 18.4 Å². The van der Waals surface area contributed by atoms with Crippen LogP contribution in [0.3, 0.4) is 0 Å². The number of anilines is 3. The molecule has 3 amide bonds. The third-order valence-electron chi connectivity index (χ3n) is 5.75. The summed E-state index contributed by atoms with van der Waals surface area (Å²) in [5.41, 5.74) is 0.813. The van der Waals surface area contributed by atoms with E-state index in [4.69, 9.17) is 0 Å². The summed E-state index contributed by atoms with van der Waals surface area (Å²) in [6.45, 7) is 0.834. The fraction of sp³-hybridized carbons (Fsp3) is 0.400. The zero-order valence-electron chi connectivity index (χ0n) is 16.1. The lowest BCUT2D eigenvalue weighted by atomic mass is 10.1. The Morgan fingerprint density at radius 1 is 1.17 bits per heavy atom. The van der Waals surface area contributed by atoms with Crippen LogP contribution in [0.1, 0.15) is 23.3 Å². The van der Waals surface area contributed by atoms with Gasteiger partial charge in [-0.25, -0.2) is 23.5 Å². The van der Waals surface area contributed by atoms with Crippen LogP contribution in [0.15, 0.2) is 36.5 Å². The Balaban J connectivity index is 1.46. The molecule has 0 saturated carbocycles. The normalized spacial score (nSPS) is 21.5. The molecule has 2 aromatic heterocycles. The Bertz CT molecular complexity index is 1000. The van der Waals surface area contributed by atoms with Crippen LogP contribution in [-0.4, -0.2) is 64.9 Å². The number of carbonyl (C=O) groups excluding carboxylic acids is 2. The number of hydrogen-bond donors (Lipinski definition) is 1. The first-order valence-electron chi connectivity index (χ1n) is 9.86. The first kappa shape index (κ1) is 18.7. The first-order chi connectivity index (χ1) is 14.4. The van der Waals surface area contributed by atoms with Crippen molar-refractivity contribution in [2.45, 2.75) is 24.8 Å². The van der Waals surface area contributed by atoms with Crippen LogP contribution in [0.4, 0.5) is 30.9 Å². The van der Waals surface area contributed by atoms with Crippen LogP contribution < -0.4 is 15.1 Å². The van der Waals surface area contributed by atoms with Crippen molar-refractivity contribution < 1.29 is 18.4 Å². The number of aromatic nitrogens is 2. The summed E-state index contributed by atoms with van der Waals surface area (Å²) in [7, 11) is 0. The highest BCUT2D eigenvalue weighted by Gasteiger charge is 2.43. The second-order valence-electron chi connectivity index (χ2n) is 7.78. The van der Waals surface area contributed by atoms with Crippen molar-refractivity contribution in [1.82, 2.24) is 14.9 Å². The van der Waals surface area contributed by atoms with Gasteiger partial charge in [0.2, 0.25) is 0 Å². The van der Waals surface area contributed by atoms with Crippen molar-refractivity contribution in [1.29, 1.82) is 0 Å². The van der Waals surface area contributed by atoms with E-state index in [2.05, 4.69) is 20.2 Å². The number of carbonyl (C=O) groups is 2. The Kier molecular flexibility index (Phi) is 4.30. The summed E-state index contributed by atoms with van der Waals surface area (Å²) in [5, 5.41) is 2.77. The molecular formula is C20H20F2N6O2. The monoisotopic (exact) mass is 414 g/mol. The zero-order valence-corrected chi connectivity index (χ0v) is 16.1. The van der Waals surface area contributed by atoms with E-state index in [1.54, 1.807) is 41.4 Å². The molecule has 1 unspecified atom stereocenters. The van der Waals surface area contributed by atoms with Crippen LogP contribution in [0.5, 0.6) is 0 Å². The molecule has 5 heterocycles. The van der Waals surface area contributed by atoms with E-state index in [-0.39, 0.29) is 30.7 Å². The summed E-state index contributed by atoms with van der Waals surface area (Å²) in [6, 6.07) is 8.02. The number of rotatable bonds is 2. The summed E-state index contributed by atoms with van der Waals surface area (Å²) in [6.07, 6.45) is 2.00. The lowest BCUT2D eigenvalue weighted by molar-refractivity contribution is 0.0119. The number of urea groups is 1. The van der Waals surface area contributed by atoms with Crippen molar-refractivity contribution in [3.63, 3.8) is 0 Å². The van der Waals surface area contributed by atoms with E-state index in [0.717, 1.165) is 23.6 Å². The highest BCUT2D eigenvalue weighted by atomic mass is 19.3. The summed E-state index contributed by atoms with van der Waals surface area (Å²) >= 11 is 0. The van der Waals surface area contributed by atoms with Gasteiger partial charge >= 0.3 is 6.03 Å². The van der Waals surface area contributed by atoms with Crippen molar-refractivity contribution in [2.24, 2.45) is 0 Å². The Morgan fingerprint density at radius 2 is 2.03 bits per heavy atom. The van der Waals surface area contributed by atoms with E-state index in [1.807, 2.05) is 0 Å². The molecule has 0 aromatic carbocycles. The lowest BCUT2D eigenvalue weighted by Crippen LogP contribution is -2.48. The fourth-order valence-corrected chi connectivity index (χ4v) is 4.27. The van der Waals surface area contributed by atoms with Crippen LogP contribution in [0.25, 0.3) is 0 Å². The minimum atomic E-state index is -2.87. The van der Waals surface area contributed by atoms with Gasteiger partial charge in [0, 0.05) is 32.3 Å². The average Bonchev–Trinajstić information content (AvgIpc) is 3.31. The minimum absolute atomic E-state index is 0.0107. The summed E-state index contributed by atoms with van der Waals surface area (Å²) in [5.74, 6) is -2.64. The fourth-order valence-electron chi connectivity index (χ4n) is 4.27. The predicted molar refractivity (Wildman–Crippen MR) is 106 cm³/mol. The quantitative estimate of drug-likeness (QED) is 0.817. The molecule has 156 valence electrons. The van der Waals surface area contributed by atoms with Gasteiger partial charge in [-0.15, -0.1) is 0 Å². The molecular weight excluding hydrogens is 394 g/mol. The third kappa shape index (κ3) is 3.21. The number of fused-ring (bicyclic) bond motifs is 4. The standard InChI is InChI=1S/C20H20F2N6O2/c21-20(22)7-10-27(12-20)18(29)14-4-5-15-17(24-14)28(13-6-9-26(15)11-13)19(30)25-16-3-1-2-8-23-16/h1-5,8,13H,6-7,9-12H2,(H,23,25,30). The van der Waals surface area contributed by atoms with Crippen molar-refractivity contribution in [2.75, 3.05) is 41.3 Å². The Labute approximate surface area is 171 Å². The number of likely N-dealkylation sites (tertiary alicyclic amines) is 1. The van der Waals surface area contributed by atoms with Crippen LogP contribution >= 0.6 is 0 Å². The van der Waals surface area contributed by atoms with Crippen molar-refractivity contribution in [3.8, 4) is 0 Å². The molecule has 1 atom stereocenters. The third-order valence-corrected chi connectivity index (χ3v) is 5.75. The molecule has 3 aliphatic rings. The minimum Gasteiger partial charge on any atom is -0.366 e. The maximum absolute atomic E-state index is 13.5. The maximum atomic E-state index is 13.5. The van der Waals surface area contributed by atoms with Gasteiger partial charge in [0.1, 0.15) is 11.5 Å². The number of nitrogens with zero attached hydrogens (tertiary/aromatic N) is 5. The van der Waals surface area contributed by atoms with Crippen LogP contribution in [0.2, 0.25) is 0 Å². The molecule has 8 nitrogen and oxygen atoms in total. The van der Waals surface area contributed by atoms with Gasteiger partial charge in [0.25, 0.3) is 11.8 Å². The van der Waals surface area contributed by atoms with Crippen molar-refractivity contribution in [3.05, 3.63) is 42.2 Å². The van der Waals surface area contributed by atoms with Gasteiger partial charge < -0.3 is 9.80 Å². The molecule has 2 fully saturated rings. The molecule has 2 saturated heterocycles. The molecule has 30 heavy (non-hydrogen) atoms. The van der Waals surface area contributed by atoms with Crippen LogP contribution in [-0.2, 0) is 0 Å². The highest BCUT2D eigenvalue weighted by molar-refractivity contribution is 6.05. The second kappa shape index (κ2) is 6.89. The van der Waals surface area contributed by atoms with Gasteiger partial charge in [0.15, 0.2) is 5.82 Å². The van der Waals surface area contributed by atoms with Gasteiger partial charge in [-0.2, -0.15) is 0 Å². The largest absolute Gasteiger partial charge is 0.366 e. The first-order valence-corrected chi connectivity index (χ1v) is 9.86. The maximum Gasteiger partial charge on any atom is 0.329 e.